The summed E-state index contributed by atoms with van der Waals surface area (Å²) >= 11 is 0. The lowest BCUT2D eigenvalue weighted by Gasteiger charge is -2.25. The highest BCUT2D eigenvalue weighted by Gasteiger charge is 2.22. The second kappa shape index (κ2) is 4.67. The standard InChI is InChI=1S/C13H20O2/c1-10-6-5-7-11(8-10)15-9-12(14)13(2,3)4/h5-8,12,14H,9H2,1-4H3. The van der Waals surface area contributed by atoms with Gasteiger partial charge >= 0.3 is 0 Å². The Morgan fingerprint density at radius 1 is 1.33 bits per heavy atom. The average molecular weight is 208 g/mol. The van der Waals surface area contributed by atoms with Crippen LogP contribution in [-0.4, -0.2) is 17.8 Å². The molecule has 1 aromatic rings. The third-order valence-corrected chi connectivity index (χ3v) is 2.40. The highest BCUT2D eigenvalue weighted by Crippen LogP contribution is 2.20. The molecule has 1 unspecified atom stereocenters. The molecule has 0 aliphatic heterocycles. The number of aryl methyl sites for hydroxylation is 1. The second-order valence-corrected chi connectivity index (χ2v) is 5.01. The number of benzene rings is 1. The molecule has 0 saturated carbocycles. The summed E-state index contributed by atoms with van der Waals surface area (Å²) in [6.45, 7) is 8.35. The molecule has 0 amide bonds. The molecule has 1 rings (SSSR count). The number of rotatable bonds is 3. The zero-order valence-corrected chi connectivity index (χ0v) is 9.95. The molecular weight excluding hydrogens is 188 g/mol. The van der Waals surface area contributed by atoms with Gasteiger partial charge in [0.2, 0.25) is 0 Å². The van der Waals surface area contributed by atoms with Gasteiger partial charge in [-0.3, -0.25) is 0 Å². The van der Waals surface area contributed by atoms with Crippen LogP contribution in [0.3, 0.4) is 0 Å². The third-order valence-electron chi connectivity index (χ3n) is 2.40. The smallest absolute Gasteiger partial charge is 0.119 e. The monoisotopic (exact) mass is 208 g/mol. The minimum absolute atomic E-state index is 0.135. The Morgan fingerprint density at radius 3 is 2.53 bits per heavy atom. The molecule has 0 saturated heterocycles. The van der Waals surface area contributed by atoms with E-state index in [9.17, 15) is 5.11 Å². The van der Waals surface area contributed by atoms with E-state index in [1.54, 1.807) is 0 Å². The number of hydrogen-bond donors (Lipinski definition) is 1. The molecule has 1 N–H and O–H groups in total. The van der Waals surface area contributed by atoms with E-state index < -0.39 is 6.10 Å². The van der Waals surface area contributed by atoms with Gasteiger partial charge in [0.15, 0.2) is 0 Å². The first-order valence-corrected chi connectivity index (χ1v) is 5.27. The SMILES string of the molecule is Cc1cccc(OCC(O)C(C)(C)C)c1. The largest absolute Gasteiger partial charge is 0.491 e. The van der Waals surface area contributed by atoms with Crippen molar-refractivity contribution in [3.05, 3.63) is 29.8 Å². The highest BCUT2D eigenvalue weighted by atomic mass is 16.5. The first kappa shape index (κ1) is 12.1. The highest BCUT2D eigenvalue weighted by molar-refractivity contribution is 5.27. The number of aliphatic hydroxyl groups is 1. The minimum atomic E-state index is -0.446. The molecule has 0 fully saturated rings. The molecule has 0 spiro atoms. The third kappa shape index (κ3) is 3.92. The number of aliphatic hydroxyl groups excluding tert-OH is 1. The van der Waals surface area contributed by atoms with Crippen LogP contribution in [0, 0.1) is 12.3 Å². The van der Waals surface area contributed by atoms with Crippen molar-refractivity contribution in [1.29, 1.82) is 0 Å². The van der Waals surface area contributed by atoms with Crippen molar-refractivity contribution in [2.45, 2.75) is 33.8 Å². The molecule has 0 aliphatic carbocycles. The normalized spacial score (nSPS) is 13.7. The van der Waals surface area contributed by atoms with Gasteiger partial charge in [0.05, 0.1) is 6.10 Å². The van der Waals surface area contributed by atoms with Crippen molar-refractivity contribution >= 4 is 0 Å². The van der Waals surface area contributed by atoms with Gasteiger partial charge in [0, 0.05) is 0 Å². The topological polar surface area (TPSA) is 29.5 Å². The van der Waals surface area contributed by atoms with Gasteiger partial charge in [-0.05, 0) is 30.0 Å². The molecular formula is C13H20O2. The van der Waals surface area contributed by atoms with Crippen molar-refractivity contribution in [3.8, 4) is 5.75 Å². The Kier molecular flexibility index (Phi) is 3.75. The predicted molar refractivity (Wildman–Crippen MR) is 62.1 cm³/mol. The Morgan fingerprint density at radius 2 is 2.00 bits per heavy atom. The molecule has 15 heavy (non-hydrogen) atoms. The number of ether oxygens (including phenoxy) is 1. The van der Waals surface area contributed by atoms with E-state index in [4.69, 9.17) is 4.74 Å². The van der Waals surface area contributed by atoms with Gasteiger partial charge in [0.25, 0.3) is 0 Å². The summed E-state index contributed by atoms with van der Waals surface area (Å²) in [4.78, 5) is 0. The van der Waals surface area contributed by atoms with Gasteiger partial charge < -0.3 is 9.84 Å². The van der Waals surface area contributed by atoms with Crippen LogP contribution in [0.4, 0.5) is 0 Å². The summed E-state index contributed by atoms with van der Waals surface area (Å²) < 4.78 is 5.53. The van der Waals surface area contributed by atoms with Crippen LogP contribution >= 0.6 is 0 Å². The lowest BCUT2D eigenvalue weighted by molar-refractivity contribution is 0.0218. The van der Waals surface area contributed by atoms with Crippen LogP contribution in [0.1, 0.15) is 26.3 Å². The molecule has 2 nitrogen and oxygen atoms in total. The van der Waals surface area contributed by atoms with Crippen molar-refractivity contribution in [2.24, 2.45) is 5.41 Å². The molecule has 84 valence electrons. The maximum absolute atomic E-state index is 9.79. The Bertz CT molecular complexity index is 313. The van der Waals surface area contributed by atoms with E-state index >= 15 is 0 Å². The summed E-state index contributed by atoms with van der Waals surface area (Å²) in [5.41, 5.74) is 1.03. The summed E-state index contributed by atoms with van der Waals surface area (Å²) in [6, 6.07) is 7.85. The maximum Gasteiger partial charge on any atom is 0.119 e. The minimum Gasteiger partial charge on any atom is -0.491 e. The van der Waals surface area contributed by atoms with E-state index in [0.717, 1.165) is 11.3 Å². The molecule has 0 radical (unpaired) electrons. The molecule has 0 aromatic heterocycles. The number of hydrogen-bond acceptors (Lipinski definition) is 2. The molecule has 2 heteroatoms. The summed E-state index contributed by atoms with van der Waals surface area (Å²) in [5, 5.41) is 9.79. The van der Waals surface area contributed by atoms with Gasteiger partial charge in [-0.1, -0.05) is 32.9 Å². The van der Waals surface area contributed by atoms with Crippen LogP contribution in [0.2, 0.25) is 0 Å². The van der Waals surface area contributed by atoms with Crippen molar-refractivity contribution in [2.75, 3.05) is 6.61 Å². The summed E-state index contributed by atoms with van der Waals surface area (Å²) in [5.74, 6) is 0.818. The fourth-order valence-corrected chi connectivity index (χ4v) is 1.13. The van der Waals surface area contributed by atoms with E-state index in [0.29, 0.717) is 6.61 Å². The van der Waals surface area contributed by atoms with Crippen molar-refractivity contribution < 1.29 is 9.84 Å². The Balaban J connectivity index is 2.51. The zero-order valence-electron chi connectivity index (χ0n) is 9.95. The lowest BCUT2D eigenvalue weighted by Crippen LogP contribution is -2.31. The van der Waals surface area contributed by atoms with E-state index in [1.807, 2.05) is 52.0 Å². The van der Waals surface area contributed by atoms with Crippen molar-refractivity contribution in [3.63, 3.8) is 0 Å². The van der Waals surface area contributed by atoms with Gasteiger partial charge in [-0.25, -0.2) is 0 Å². The average Bonchev–Trinajstić information content (AvgIpc) is 2.12. The maximum atomic E-state index is 9.79. The van der Waals surface area contributed by atoms with E-state index in [2.05, 4.69) is 0 Å². The summed E-state index contributed by atoms with van der Waals surface area (Å²) in [7, 11) is 0. The quantitative estimate of drug-likeness (QED) is 0.827. The van der Waals surface area contributed by atoms with E-state index in [-0.39, 0.29) is 5.41 Å². The fourth-order valence-electron chi connectivity index (χ4n) is 1.13. The lowest BCUT2D eigenvalue weighted by atomic mass is 9.90. The first-order valence-electron chi connectivity index (χ1n) is 5.27. The van der Waals surface area contributed by atoms with Gasteiger partial charge in [0.1, 0.15) is 12.4 Å². The Hall–Kier alpha value is -1.02. The molecule has 0 aliphatic rings. The van der Waals surface area contributed by atoms with Gasteiger partial charge in [-0.15, -0.1) is 0 Å². The molecule has 1 aromatic carbocycles. The van der Waals surface area contributed by atoms with Crippen LogP contribution in [0.25, 0.3) is 0 Å². The molecule has 0 bridgehead atoms. The van der Waals surface area contributed by atoms with Crippen LogP contribution in [0.15, 0.2) is 24.3 Å². The predicted octanol–water partition coefficient (Wildman–Crippen LogP) is 2.78. The van der Waals surface area contributed by atoms with Crippen LogP contribution in [-0.2, 0) is 0 Å². The van der Waals surface area contributed by atoms with Gasteiger partial charge in [-0.2, -0.15) is 0 Å². The fraction of sp³-hybridized carbons (Fsp3) is 0.538. The second-order valence-electron chi connectivity index (χ2n) is 5.01. The van der Waals surface area contributed by atoms with Crippen molar-refractivity contribution in [1.82, 2.24) is 0 Å². The molecule has 0 heterocycles. The zero-order chi connectivity index (χ0) is 11.5. The Labute approximate surface area is 91.9 Å². The van der Waals surface area contributed by atoms with Crippen LogP contribution in [0.5, 0.6) is 5.75 Å². The first-order chi connectivity index (χ1) is 6.89. The summed E-state index contributed by atoms with van der Waals surface area (Å²) in [6.07, 6.45) is -0.446. The molecule has 1 atom stereocenters. The van der Waals surface area contributed by atoms with E-state index in [1.165, 1.54) is 0 Å². The van der Waals surface area contributed by atoms with Crippen LogP contribution < -0.4 is 4.74 Å².